The van der Waals surface area contributed by atoms with Gasteiger partial charge >= 0.3 is 5.97 Å². The summed E-state index contributed by atoms with van der Waals surface area (Å²) in [6.07, 6.45) is -0.583. The van der Waals surface area contributed by atoms with Crippen molar-refractivity contribution in [2.24, 2.45) is 5.73 Å². The summed E-state index contributed by atoms with van der Waals surface area (Å²) in [5.74, 6) is -2.09. The van der Waals surface area contributed by atoms with Crippen molar-refractivity contribution < 1.29 is 19.6 Å². The van der Waals surface area contributed by atoms with Crippen LogP contribution >= 0.6 is 11.6 Å². The molecular formula is C10H10ClN3O5. The fraction of sp³-hybridized carbons (Fsp3) is 0.200. The third kappa shape index (κ3) is 4.19. The van der Waals surface area contributed by atoms with E-state index in [0.29, 0.717) is 0 Å². The Morgan fingerprint density at radius 3 is 2.68 bits per heavy atom. The summed E-state index contributed by atoms with van der Waals surface area (Å²) >= 11 is 5.67. The Labute approximate surface area is 112 Å². The number of hydrogen-bond donors (Lipinski definition) is 3. The van der Waals surface area contributed by atoms with Crippen LogP contribution in [0, 0.1) is 10.1 Å². The van der Waals surface area contributed by atoms with Crippen molar-refractivity contribution in [1.82, 2.24) is 0 Å². The molecule has 1 unspecified atom stereocenters. The molecule has 1 rings (SSSR count). The second-order valence-corrected chi connectivity index (χ2v) is 4.05. The van der Waals surface area contributed by atoms with Crippen molar-refractivity contribution in [3.63, 3.8) is 0 Å². The molecule has 1 aromatic carbocycles. The molecule has 0 aliphatic heterocycles. The molecule has 0 heterocycles. The highest BCUT2D eigenvalue weighted by Crippen LogP contribution is 2.27. The smallest absolute Gasteiger partial charge is 0.305 e. The van der Waals surface area contributed by atoms with E-state index in [1.165, 1.54) is 12.1 Å². The first-order valence-corrected chi connectivity index (χ1v) is 5.41. The Bertz CT molecular complexity index is 534. The number of halogens is 1. The van der Waals surface area contributed by atoms with Gasteiger partial charge in [0.05, 0.1) is 17.4 Å². The van der Waals surface area contributed by atoms with E-state index < -0.39 is 29.3 Å². The normalized spacial score (nSPS) is 11.7. The molecule has 102 valence electrons. The van der Waals surface area contributed by atoms with Crippen molar-refractivity contribution in [2.45, 2.75) is 12.5 Å². The molecule has 1 atom stereocenters. The van der Waals surface area contributed by atoms with Crippen LogP contribution in [0.25, 0.3) is 0 Å². The van der Waals surface area contributed by atoms with Crippen LogP contribution < -0.4 is 11.1 Å². The third-order valence-corrected chi connectivity index (χ3v) is 2.38. The summed E-state index contributed by atoms with van der Waals surface area (Å²) in [5, 5.41) is 21.6. The zero-order chi connectivity index (χ0) is 14.6. The Morgan fingerprint density at radius 1 is 1.53 bits per heavy atom. The average molecular weight is 288 g/mol. The van der Waals surface area contributed by atoms with Crippen LogP contribution in [0.2, 0.25) is 5.02 Å². The van der Waals surface area contributed by atoms with E-state index in [1.54, 1.807) is 0 Å². The Hall–Kier alpha value is -2.19. The van der Waals surface area contributed by atoms with Crippen molar-refractivity contribution in [3.8, 4) is 0 Å². The van der Waals surface area contributed by atoms with Gasteiger partial charge in [0.15, 0.2) is 0 Å². The van der Waals surface area contributed by atoms with Crippen molar-refractivity contribution in [3.05, 3.63) is 33.3 Å². The molecule has 0 aromatic heterocycles. The average Bonchev–Trinajstić information content (AvgIpc) is 2.27. The first-order valence-electron chi connectivity index (χ1n) is 5.03. The van der Waals surface area contributed by atoms with Gasteiger partial charge in [0.25, 0.3) is 5.69 Å². The van der Waals surface area contributed by atoms with Gasteiger partial charge in [0.1, 0.15) is 5.69 Å². The zero-order valence-corrected chi connectivity index (χ0v) is 10.3. The van der Waals surface area contributed by atoms with Gasteiger partial charge in [-0.2, -0.15) is 0 Å². The Morgan fingerprint density at radius 2 is 2.16 bits per heavy atom. The number of aliphatic carboxylic acids is 1. The van der Waals surface area contributed by atoms with Crippen molar-refractivity contribution in [2.75, 3.05) is 5.32 Å². The molecule has 0 aliphatic carbocycles. The monoisotopic (exact) mass is 287 g/mol. The number of benzene rings is 1. The molecule has 0 aliphatic rings. The first-order chi connectivity index (χ1) is 8.81. The van der Waals surface area contributed by atoms with Gasteiger partial charge in [0.2, 0.25) is 5.91 Å². The van der Waals surface area contributed by atoms with E-state index in [9.17, 15) is 19.7 Å². The minimum atomic E-state index is -1.31. The fourth-order valence-corrected chi connectivity index (χ4v) is 1.45. The molecule has 1 aromatic rings. The first kappa shape index (κ1) is 14.9. The van der Waals surface area contributed by atoms with Crippen LogP contribution in [-0.4, -0.2) is 27.9 Å². The van der Waals surface area contributed by atoms with Crippen LogP contribution in [0.15, 0.2) is 18.2 Å². The van der Waals surface area contributed by atoms with Gasteiger partial charge in [-0.05, 0) is 12.1 Å². The number of nitro groups is 1. The maximum atomic E-state index is 11.6. The number of nitrogens with one attached hydrogen (secondary N) is 1. The van der Waals surface area contributed by atoms with Crippen LogP contribution in [0.4, 0.5) is 11.4 Å². The number of nitrogens with zero attached hydrogens (tertiary/aromatic N) is 1. The molecule has 0 saturated heterocycles. The number of carboxylic acid groups (broad SMARTS) is 1. The van der Waals surface area contributed by atoms with Gasteiger partial charge in [-0.25, -0.2) is 0 Å². The van der Waals surface area contributed by atoms with E-state index in [-0.39, 0.29) is 16.4 Å². The molecule has 0 spiro atoms. The lowest BCUT2D eigenvalue weighted by Crippen LogP contribution is -2.37. The molecule has 0 bridgehead atoms. The second kappa shape index (κ2) is 6.12. The summed E-state index contributed by atoms with van der Waals surface area (Å²) in [7, 11) is 0. The van der Waals surface area contributed by atoms with Gasteiger partial charge in [-0.15, -0.1) is 0 Å². The molecule has 8 nitrogen and oxygen atoms in total. The lowest BCUT2D eigenvalue weighted by atomic mass is 10.2. The summed E-state index contributed by atoms with van der Waals surface area (Å²) in [6, 6.07) is 2.30. The summed E-state index contributed by atoms with van der Waals surface area (Å²) in [4.78, 5) is 32.0. The number of carbonyl (C=O) groups excluding carboxylic acids is 1. The lowest BCUT2D eigenvalue weighted by Gasteiger charge is -2.10. The fourth-order valence-electron chi connectivity index (χ4n) is 1.27. The molecule has 4 N–H and O–H groups in total. The molecule has 0 fully saturated rings. The predicted octanol–water partition coefficient (Wildman–Crippen LogP) is 0.989. The minimum Gasteiger partial charge on any atom is -0.481 e. The van der Waals surface area contributed by atoms with Crippen LogP contribution in [0.5, 0.6) is 0 Å². The third-order valence-electron chi connectivity index (χ3n) is 2.14. The quantitative estimate of drug-likeness (QED) is 0.546. The van der Waals surface area contributed by atoms with Gasteiger partial charge in [-0.3, -0.25) is 19.7 Å². The van der Waals surface area contributed by atoms with Crippen LogP contribution in [-0.2, 0) is 9.59 Å². The highest BCUT2D eigenvalue weighted by molar-refractivity contribution is 6.31. The maximum absolute atomic E-state index is 11.6. The molecule has 19 heavy (non-hydrogen) atoms. The van der Waals surface area contributed by atoms with Crippen molar-refractivity contribution in [1.29, 1.82) is 0 Å². The van der Waals surface area contributed by atoms with Crippen molar-refractivity contribution >= 4 is 34.9 Å². The number of rotatable bonds is 5. The Kier molecular flexibility index (Phi) is 4.79. The van der Waals surface area contributed by atoms with Gasteiger partial charge in [-0.1, -0.05) is 11.6 Å². The standard InChI is InChI=1S/C10H10ClN3O5/c11-5-1-2-8(14(18)19)7(3-5)13-10(17)6(12)4-9(15)16/h1-3,6H,4,12H2,(H,13,17)(H,15,16). The minimum absolute atomic E-state index is 0.136. The summed E-state index contributed by atoms with van der Waals surface area (Å²) in [6.45, 7) is 0. The number of anilines is 1. The number of nitro benzene ring substituents is 1. The maximum Gasteiger partial charge on any atom is 0.305 e. The molecule has 1 amide bonds. The predicted molar refractivity (Wildman–Crippen MR) is 67.0 cm³/mol. The number of carboxylic acids is 1. The topological polar surface area (TPSA) is 136 Å². The number of carbonyl (C=O) groups is 2. The van der Waals surface area contributed by atoms with Crippen LogP contribution in [0.3, 0.4) is 0 Å². The second-order valence-electron chi connectivity index (χ2n) is 3.61. The zero-order valence-electron chi connectivity index (χ0n) is 9.50. The van der Waals surface area contributed by atoms with E-state index in [1.807, 2.05) is 0 Å². The van der Waals surface area contributed by atoms with E-state index >= 15 is 0 Å². The van der Waals surface area contributed by atoms with E-state index in [2.05, 4.69) is 5.32 Å². The van der Waals surface area contributed by atoms with E-state index in [0.717, 1.165) is 6.07 Å². The lowest BCUT2D eigenvalue weighted by molar-refractivity contribution is -0.383. The highest BCUT2D eigenvalue weighted by atomic mass is 35.5. The molecule has 0 saturated carbocycles. The van der Waals surface area contributed by atoms with Crippen LogP contribution in [0.1, 0.15) is 6.42 Å². The summed E-state index contributed by atoms with van der Waals surface area (Å²) in [5.41, 5.74) is 4.84. The largest absolute Gasteiger partial charge is 0.481 e. The highest BCUT2D eigenvalue weighted by Gasteiger charge is 2.21. The molecule has 9 heteroatoms. The number of nitrogens with two attached hydrogens (primary N) is 1. The SMILES string of the molecule is NC(CC(=O)O)C(=O)Nc1cc(Cl)ccc1[N+](=O)[O-]. The molecule has 0 radical (unpaired) electrons. The Balaban J connectivity index is 2.92. The van der Waals surface area contributed by atoms with E-state index in [4.69, 9.17) is 22.4 Å². The number of amides is 1. The molecular weight excluding hydrogens is 278 g/mol. The summed E-state index contributed by atoms with van der Waals surface area (Å²) < 4.78 is 0. The van der Waals surface area contributed by atoms with Gasteiger partial charge < -0.3 is 16.2 Å². The number of hydrogen-bond acceptors (Lipinski definition) is 5. The van der Waals surface area contributed by atoms with Gasteiger partial charge in [0, 0.05) is 11.1 Å².